The number of ether oxygens (including phenoxy) is 1. The van der Waals surface area contributed by atoms with Gasteiger partial charge in [0.1, 0.15) is 11.7 Å². The lowest BCUT2D eigenvalue weighted by Gasteiger charge is -2.29. The van der Waals surface area contributed by atoms with Crippen molar-refractivity contribution in [3.8, 4) is 0 Å². The Balaban J connectivity index is 1.91. The summed E-state index contributed by atoms with van der Waals surface area (Å²) in [7, 11) is 0. The molecular weight excluding hydrogens is 268 g/mol. The van der Waals surface area contributed by atoms with Crippen LogP contribution in [0.4, 0.5) is 5.13 Å². The van der Waals surface area contributed by atoms with E-state index in [-0.39, 0.29) is 17.5 Å². The number of nitrogens with zero attached hydrogens (tertiary/aromatic N) is 2. The van der Waals surface area contributed by atoms with E-state index in [1.165, 1.54) is 11.3 Å². The molecule has 1 atom stereocenters. The molecule has 1 aromatic heterocycles. The van der Waals surface area contributed by atoms with E-state index in [4.69, 9.17) is 10.5 Å². The SMILES string of the molecule is CC(NC(=O)c1csc(N)n1)C(=O)N1CCOCC1. The van der Waals surface area contributed by atoms with Crippen LogP contribution in [0, 0.1) is 0 Å². The number of morpholine rings is 1. The first-order valence-corrected chi connectivity index (χ1v) is 6.84. The number of nitrogens with two attached hydrogens (primary N) is 1. The smallest absolute Gasteiger partial charge is 0.271 e. The van der Waals surface area contributed by atoms with Gasteiger partial charge < -0.3 is 20.7 Å². The summed E-state index contributed by atoms with van der Waals surface area (Å²) in [4.78, 5) is 29.5. The summed E-state index contributed by atoms with van der Waals surface area (Å²) in [5.74, 6) is -0.498. The van der Waals surface area contributed by atoms with Crippen molar-refractivity contribution >= 4 is 28.3 Å². The maximum absolute atomic E-state index is 12.1. The van der Waals surface area contributed by atoms with Gasteiger partial charge in [-0.2, -0.15) is 0 Å². The van der Waals surface area contributed by atoms with Crippen LogP contribution in [-0.4, -0.2) is 54.0 Å². The standard InChI is InChI=1S/C11H16N4O3S/c1-7(10(17)15-2-4-18-5-3-15)13-9(16)8-6-19-11(12)14-8/h6-7H,2-5H2,1H3,(H2,12,14)(H,13,16). The molecule has 1 fully saturated rings. The molecule has 1 unspecified atom stereocenters. The van der Waals surface area contributed by atoms with Gasteiger partial charge in [0.25, 0.3) is 5.91 Å². The topological polar surface area (TPSA) is 97.6 Å². The lowest BCUT2D eigenvalue weighted by Crippen LogP contribution is -2.50. The van der Waals surface area contributed by atoms with Gasteiger partial charge in [0.05, 0.1) is 13.2 Å². The molecule has 2 heterocycles. The summed E-state index contributed by atoms with van der Waals surface area (Å²) in [5.41, 5.74) is 5.70. The van der Waals surface area contributed by atoms with Crippen molar-refractivity contribution in [2.24, 2.45) is 0 Å². The lowest BCUT2D eigenvalue weighted by atomic mass is 10.2. The molecule has 1 aliphatic heterocycles. The highest BCUT2D eigenvalue weighted by molar-refractivity contribution is 7.13. The fraction of sp³-hybridized carbons (Fsp3) is 0.545. The lowest BCUT2D eigenvalue weighted by molar-refractivity contribution is -0.136. The van der Waals surface area contributed by atoms with Crippen LogP contribution in [0.5, 0.6) is 0 Å². The van der Waals surface area contributed by atoms with Crippen molar-refractivity contribution < 1.29 is 14.3 Å². The van der Waals surface area contributed by atoms with Gasteiger partial charge >= 0.3 is 0 Å². The quantitative estimate of drug-likeness (QED) is 0.794. The van der Waals surface area contributed by atoms with E-state index >= 15 is 0 Å². The molecule has 2 rings (SSSR count). The molecule has 1 aromatic rings. The van der Waals surface area contributed by atoms with Crippen molar-refractivity contribution in [1.29, 1.82) is 0 Å². The van der Waals surface area contributed by atoms with E-state index in [1.807, 2.05) is 0 Å². The van der Waals surface area contributed by atoms with Crippen LogP contribution in [0.25, 0.3) is 0 Å². The summed E-state index contributed by atoms with van der Waals surface area (Å²) in [6.45, 7) is 3.85. The second-order valence-corrected chi connectivity index (χ2v) is 5.09. The fourth-order valence-electron chi connectivity index (χ4n) is 1.78. The molecule has 8 heteroatoms. The Morgan fingerprint density at radius 3 is 2.79 bits per heavy atom. The average Bonchev–Trinajstić information content (AvgIpc) is 2.85. The van der Waals surface area contributed by atoms with E-state index in [0.717, 1.165) is 0 Å². The zero-order valence-corrected chi connectivity index (χ0v) is 11.4. The third-order valence-corrected chi connectivity index (χ3v) is 3.47. The molecule has 1 aliphatic rings. The molecule has 104 valence electrons. The van der Waals surface area contributed by atoms with Crippen molar-refractivity contribution in [2.75, 3.05) is 32.0 Å². The molecule has 0 bridgehead atoms. The number of hydrogen-bond donors (Lipinski definition) is 2. The van der Waals surface area contributed by atoms with Crippen molar-refractivity contribution in [2.45, 2.75) is 13.0 Å². The molecule has 7 nitrogen and oxygen atoms in total. The van der Waals surface area contributed by atoms with Crippen molar-refractivity contribution in [3.05, 3.63) is 11.1 Å². The third kappa shape index (κ3) is 3.42. The number of amides is 2. The van der Waals surface area contributed by atoms with E-state index in [0.29, 0.717) is 31.4 Å². The molecule has 0 aliphatic carbocycles. The summed E-state index contributed by atoms with van der Waals surface area (Å²) in [6, 6.07) is -0.589. The number of aromatic nitrogens is 1. The second-order valence-electron chi connectivity index (χ2n) is 4.20. The van der Waals surface area contributed by atoms with Crippen LogP contribution in [-0.2, 0) is 9.53 Å². The highest BCUT2D eigenvalue weighted by atomic mass is 32.1. The van der Waals surface area contributed by atoms with Gasteiger partial charge in [0, 0.05) is 18.5 Å². The molecular formula is C11H16N4O3S. The van der Waals surface area contributed by atoms with Crippen LogP contribution in [0.15, 0.2) is 5.38 Å². The zero-order valence-electron chi connectivity index (χ0n) is 10.6. The Morgan fingerprint density at radius 2 is 2.21 bits per heavy atom. The minimum atomic E-state index is -0.589. The molecule has 2 amide bonds. The normalized spacial score (nSPS) is 17.0. The number of carbonyl (C=O) groups excluding carboxylic acids is 2. The third-order valence-electron chi connectivity index (χ3n) is 2.80. The summed E-state index contributed by atoms with van der Waals surface area (Å²) in [6.07, 6.45) is 0. The molecule has 0 saturated carbocycles. The van der Waals surface area contributed by atoms with Crippen LogP contribution >= 0.6 is 11.3 Å². The summed E-state index contributed by atoms with van der Waals surface area (Å²) in [5, 5.41) is 4.52. The Bertz CT molecular complexity index is 470. The van der Waals surface area contributed by atoms with Crippen LogP contribution in [0.3, 0.4) is 0 Å². The number of thiazole rings is 1. The van der Waals surface area contributed by atoms with Gasteiger partial charge in [0.15, 0.2) is 5.13 Å². The van der Waals surface area contributed by atoms with E-state index in [1.54, 1.807) is 17.2 Å². The number of carbonyl (C=O) groups is 2. The van der Waals surface area contributed by atoms with Crippen molar-refractivity contribution in [3.63, 3.8) is 0 Å². The largest absolute Gasteiger partial charge is 0.378 e. The van der Waals surface area contributed by atoms with E-state index < -0.39 is 6.04 Å². The Morgan fingerprint density at radius 1 is 1.53 bits per heavy atom. The number of rotatable bonds is 3. The molecule has 0 aromatic carbocycles. The summed E-state index contributed by atoms with van der Waals surface area (Å²) >= 11 is 1.19. The maximum atomic E-state index is 12.1. The summed E-state index contributed by atoms with van der Waals surface area (Å²) < 4.78 is 5.18. The van der Waals surface area contributed by atoms with Crippen LogP contribution in [0.1, 0.15) is 17.4 Å². The first-order chi connectivity index (χ1) is 9.08. The Labute approximate surface area is 114 Å². The molecule has 1 saturated heterocycles. The number of anilines is 1. The fourth-order valence-corrected chi connectivity index (χ4v) is 2.32. The first kappa shape index (κ1) is 13.8. The maximum Gasteiger partial charge on any atom is 0.271 e. The molecule has 3 N–H and O–H groups in total. The Kier molecular flexibility index (Phi) is 4.33. The number of nitrogen functional groups attached to an aromatic ring is 1. The molecule has 19 heavy (non-hydrogen) atoms. The molecule has 0 spiro atoms. The van der Waals surface area contributed by atoms with Gasteiger partial charge in [-0.05, 0) is 6.92 Å². The highest BCUT2D eigenvalue weighted by Crippen LogP contribution is 2.11. The average molecular weight is 284 g/mol. The zero-order chi connectivity index (χ0) is 13.8. The second kappa shape index (κ2) is 5.98. The van der Waals surface area contributed by atoms with Gasteiger partial charge in [0.2, 0.25) is 5.91 Å². The first-order valence-electron chi connectivity index (χ1n) is 5.96. The van der Waals surface area contributed by atoms with Gasteiger partial charge in [-0.25, -0.2) is 4.98 Å². The monoisotopic (exact) mass is 284 g/mol. The van der Waals surface area contributed by atoms with Gasteiger partial charge in [-0.1, -0.05) is 0 Å². The Hall–Kier alpha value is -1.67. The predicted molar refractivity (Wildman–Crippen MR) is 70.9 cm³/mol. The van der Waals surface area contributed by atoms with Crippen LogP contribution in [0.2, 0.25) is 0 Å². The highest BCUT2D eigenvalue weighted by Gasteiger charge is 2.24. The van der Waals surface area contributed by atoms with Crippen LogP contribution < -0.4 is 11.1 Å². The minimum absolute atomic E-state index is 0.111. The van der Waals surface area contributed by atoms with Gasteiger partial charge in [-0.15, -0.1) is 11.3 Å². The molecule has 0 radical (unpaired) electrons. The number of hydrogen-bond acceptors (Lipinski definition) is 6. The van der Waals surface area contributed by atoms with Gasteiger partial charge in [-0.3, -0.25) is 9.59 Å². The minimum Gasteiger partial charge on any atom is -0.378 e. The predicted octanol–water partition coefficient (Wildman–Crippen LogP) is -0.298. The van der Waals surface area contributed by atoms with E-state index in [2.05, 4.69) is 10.3 Å². The van der Waals surface area contributed by atoms with E-state index in [9.17, 15) is 9.59 Å². The number of nitrogens with one attached hydrogen (secondary N) is 1. The van der Waals surface area contributed by atoms with Crippen molar-refractivity contribution in [1.82, 2.24) is 15.2 Å².